The highest BCUT2D eigenvalue weighted by molar-refractivity contribution is 7.89. The molecule has 1 saturated heterocycles. The second-order valence-electron chi connectivity index (χ2n) is 7.47. The van der Waals surface area contributed by atoms with Gasteiger partial charge in [-0.15, -0.1) is 0 Å². The van der Waals surface area contributed by atoms with Crippen molar-refractivity contribution in [1.82, 2.24) is 4.31 Å². The van der Waals surface area contributed by atoms with E-state index in [1.54, 1.807) is 28.6 Å². The summed E-state index contributed by atoms with van der Waals surface area (Å²) in [6.45, 7) is 3.98. The Kier molecular flexibility index (Phi) is 7.41. The lowest BCUT2D eigenvalue weighted by atomic mass is 10.0. The molecule has 1 atom stereocenters. The fraction of sp³-hybridized carbons (Fsp3) is 0.409. The fourth-order valence-corrected chi connectivity index (χ4v) is 4.97. The van der Waals surface area contributed by atoms with Gasteiger partial charge < -0.3 is 10.1 Å². The summed E-state index contributed by atoms with van der Waals surface area (Å²) in [6.07, 6.45) is 2.19. The number of sulfonamides is 1. The van der Waals surface area contributed by atoms with Gasteiger partial charge in [0.2, 0.25) is 15.9 Å². The van der Waals surface area contributed by atoms with E-state index in [4.69, 9.17) is 4.74 Å². The van der Waals surface area contributed by atoms with Crippen molar-refractivity contribution in [3.05, 3.63) is 60.2 Å². The number of anilines is 1. The molecular weight excluding hydrogens is 388 g/mol. The van der Waals surface area contributed by atoms with Crippen LogP contribution in [0.5, 0.6) is 0 Å². The van der Waals surface area contributed by atoms with E-state index in [1.807, 2.05) is 30.3 Å². The SMILES string of the molecule is CC1CCCN(S(=O)(=O)c2ccc(NC(=O)CCOCc3ccccc3)cc2)C1. The zero-order chi connectivity index (χ0) is 20.7. The van der Waals surface area contributed by atoms with E-state index in [2.05, 4.69) is 12.2 Å². The second-order valence-corrected chi connectivity index (χ2v) is 9.41. The Balaban J connectivity index is 1.47. The molecule has 1 heterocycles. The third-order valence-electron chi connectivity index (χ3n) is 4.98. The van der Waals surface area contributed by atoms with Crippen molar-refractivity contribution >= 4 is 21.6 Å². The van der Waals surface area contributed by atoms with Crippen LogP contribution < -0.4 is 5.32 Å². The minimum Gasteiger partial charge on any atom is -0.376 e. The molecule has 2 aromatic carbocycles. The van der Waals surface area contributed by atoms with Crippen molar-refractivity contribution in [3.8, 4) is 0 Å². The maximum absolute atomic E-state index is 12.8. The number of amides is 1. The predicted molar refractivity (Wildman–Crippen MR) is 113 cm³/mol. The molecule has 0 bridgehead atoms. The van der Waals surface area contributed by atoms with Gasteiger partial charge in [0.05, 0.1) is 24.5 Å². The maximum atomic E-state index is 12.8. The van der Waals surface area contributed by atoms with Gasteiger partial charge in [-0.25, -0.2) is 8.42 Å². The number of nitrogens with zero attached hydrogens (tertiary/aromatic N) is 1. The molecular formula is C22H28N2O4S. The predicted octanol–water partition coefficient (Wildman–Crippen LogP) is 3.65. The van der Waals surface area contributed by atoms with Crippen LogP contribution in [0, 0.1) is 5.92 Å². The molecule has 1 fully saturated rings. The largest absolute Gasteiger partial charge is 0.376 e. The number of carbonyl (C=O) groups excluding carboxylic acids is 1. The third-order valence-corrected chi connectivity index (χ3v) is 6.86. The molecule has 7 heteroatoms. The number of hydrogen-bond acceptors (Lipinski definition) is 4. The van der Waals surface area contributed by atoms with Crippen molar-refractivity contribution in [1.29, 1.82) is 0 Å². The number of hydrogen-bond donors (Lipinski definition) is 1. The molecule has 1 aliphatic heterocycles. The van der Waals surface area contributed by atoms with Gasteiger partial charge in [0.15, 0.2) is 0 Å². The Hall–Kier alpha value is -2.22. The molecule has 29 heavy (non-hydrogen) atoms. The Morgan fingerprint density at radius 3 is 2.55 bits per heavy atom. The molecule has 1 aliphatic rings. The molecule has 156 valence electrons. The van der Waals surface area contributed by atoms with E-state index in [-0.39, 0.29) is 17.2 Å². The van der Waals surface area contributed by atoms with E-state index in [0.29, 0.717) is 37.9 Å². The monoisotopic (exact) mass is 416 g/mol. The van der Waals surface area contributed by atoms with Crippen molar-refractivity contribution < 1.29 is 17.9 Å². The van der Waals surface area contributed by atoms with Crippen LogP contribution in [-0.4, -0.2) is 38.3 Å². The lowest BCUT2D eigenvalue weighted by molar-refractivity contribution is -0.117. The van der Waals surface area contributed by atoms with E-state index in [1.165, 1.54) is 0 Å². The summed E-state index contributed by atoms with van der Waals surface area (Å²) in [4.78, 5) is 12.3. The smallest absolute Gasteiger partial charge is 0.243 e. The van der Waals surface area contributed by atoms with Crippen molar-refractivity contribution in [2.24, 2.45) is 5.92 Å². The second kappa shape index (κ2) is 10.0. The van der Waals surface area contributed by atoms with E-state index >= 15 is 0 Å². The first kappa shape index (κ1) is 21.5. The highest BCUT2D eigenvalue weighted by Crippen LogP contribution is 2.24. The van der Waals surface area contributed by atoms with Crippen LogP contribution in [0.1, 0.15) is 31.7 Å². The molecule has 0 spiro atoms. The number of piperidine rings is 1. The minimum absolute atomic E-state index is 0.168. The number of nitrogens with one attached hydrogen (secondary N) is 1. The van der Waals surface area contributed by atoms with Gasteiger partial charge in [-0.3, -0.25) is 4.79 Å². The minimum atomic E-state index is -3.48. The van der Waals surface area contributed by atoms with Gasteiger partial charge in [0, 0.05) is 18.8 Å². The molecule has 1 unspecified atom stereocenters. The van der Waals surface area contributed by atoms with E-state index < -0.39 is 10.0 Å². The Morgan fingerprint density at radius 2 is 1.86 bits per heavy atom. The molecule has 0 radical (unpaired) electrons. The number of benzene rings is 2. The van der Waals surface area contributed by atoms with Crippen molar-refractivity contribution in [3.63, 3.8) is 0 Å². The molecule has 1 N–H and O–H groups in total. The first-order valence-corrected chi connectivity index (χ1v) is 11.4. The van der Waals surface area contributed by atoms with Crippen LogP contribution >= 0.6 is 0 Å². The molecule has 0 aromatic heterocycles. The topological polar surface area (TPSA) is 75.7 Å². The summed E-state index contributed by atoms with van der Waals surface area (Å²) in [7, 11) is -3.48. The number of carbonyl (C=O) groups is 1. The zero-order valence-electron chi connectivity index (χ0n) is 16.7. The average molecular weight is 417 g/mol. The van der Waals surface area contributed by atoms with Gasteiger partial charge in [-0.2, -0.15) is 4.31 Å². The summed E-state index contributed by atoms with van der Waals surface area (Å²) in [6, 6.07) is 16.1. The molecule has 1 amide bonds. The third kappa shape index (κ3) is 6.13. The number of rotatable bonds is 8. The average Bonchev–Trinajstić information content (AvgIpc) is 2.72. The Labute approximate surface area is 172 Å². The summed E-state index contributed by atoms with van der Waals surface area (Å²) < 4.78 is 32.6. The first-order valence-electron chi connectivity index (χ1n) is 9.97. The van der Waals surface area contributed by atoms with E-state index in [9.17, 15) is 13.2 Å². The number of ether oxygens (including phenoxy) is 1. The van der Waals surface area contributed by atoms with Crippen LogP contribution in [0.25, 0.3) is 0 Å². The van der Waals surface area contributed by atoms with Gasteiger partial charge in [-0.1, -0.05) is 37.3 Å². The fourth-order valence-electron chi connectivity index (χ4n) is 3.38. The summed E-state index contributed by atoms with van der Waals surface area (Å²) in [5, 5.41) is 2.78. The van der Waals surface area contributed by atoms with Crippen molar-refractivity contribution in [2.45, 2.75) is 37.7 Å². The lowest BCUT2D eigenvalue weighted by Gasteiger charge is -2.30. The standard InChI is InChI=1S/C22H28N2O4S/c1-18-6-5-14-24(16-18)29(26,27)21-11-9-20(10-12-21)23-22(25)13-15-28-17-19-7-3-2-4-8-19/h2-4,7-12,18H,5-6,13-17H2,1H3,(H,23,25). The normalized spacial score (nSPS) is 17.8. The summed E-state index contributed by atoms with van der Waals surface area (Å²) in [5.41, 5.74) is 1.64. The molecule has 3 rings (SSSR count). The van der Waals surface area contributed by atoms with Gasteiger partial charge in [0.1, 0.15) is 0 Å². The van der Waals surface area contributed by atoms with Crippen LogP contribution in [0.15, 0.2) is 59.5 Å². The quantitative estimate of drug-likeness (QED) is 0.667. The first-order chi connectivity index (χ1) is 13.9. The highest BCUT2D eigenvalue weighted by Gasteiger charge is 2.28. The molecule has 6 nitrogen and oxygen atoms in total. The van der Waals surface area contributed by atoms with Gasteiger partial charge >= 0.3 is 0 Å². The van der Waals surface area contributed by atoms with Crippen molar-refractivity contribution in [2.75, 3.05) is 25.0 Å². The van der Waals surface area contributed by atoms with Gasteiger partial charge in [-0.05, 0) is 48.6 Å². The maximum Gasteiger partial charge on any atom is 0.243 e. The molecule has 0 saturated carbocycles. The summed E-state index contributed by atoms with van der Waals surface area (Å²) >= 11 is 0. The molecule has 2 aromatic rings. The summed E-state index contributed by atoms with van der Waals surface area (Å²) in [5.74, 6) is 0.208. The Morgan fingerprint density at radius 1 is 1.14 bits per heavy atom. The zero-order valence-corrected chi connectivity index (χ0v) is 17.5. The lowest BCUT2D eigenvalue weighted by Crippen LogP contribution is -2.39. The van der Waals surface area contributed by atoms with Crippen LogP contribution in [0.3, 0.4) is 0 Å². The molecule has 0 aliphatic carbocycles. The highest BCUT2D eigenvalue weighted by atomic mass is 32.2. The van der Waals surface area contributed by atoms with Gasteiger partial charge in [0.25, 0.3) is 0 Å². The van der Waals surface area contributed by atoms with E-state index in [0.717, 1.165) is 18.4 Å². The Bertz CT molecular complexity index is 898. The van der Waals surface area contributed by atoms with Crippen LogP contribution in [0.4, 0.5) is 5.69 Å². The van der Waals surface area contributed by atoms with Crippen LogP contribution in [-0.2, 0) is 26.2 Å². The van der Waals surface area contributed by atoms with Crippen LogP contribution in [0.2, 0.25) is 0 Å².